The van der Waals surface area contributed by atoms with E-state index in [1.165, 1.54) is 12.1 Å². The van der Waals surface area contributed by atoms with Crippen LogP contribution in [0.1, 0.15) is 24.9 Å². The number of nitrogens with zero attached hydrogens (tertiary/aromatic N) is 1. The second-order valence-electron chi connectivity index (χ2n) is 5.47. The summed E-state index contributed by atoms with van der Waals surface area (Å²) in [6.45, 7) is 3.56. The van der Waals surface area contributed by atoms with E-state index in [1.807, 2.05) is 6.92 Å². The molecule has 0 spiro atoms. The zero-order valence-electron chi connectivity index (χ0n) is 13.4. The molecule has 0 bridgehead atoms. The van der Waals surface area contributed by atoms with Gasteiger partial charge in [-0.2, -0.15) is 0 Å². The molecule has 0 saturated carbocycles. The van der Waals surface area contributed by atoms with E-state index in [0.717, 1.165) is 6.07 Å². The molecule has 0 aromatic heterocycles. The topological polar surface area (TPSA) is 50.8 Å². The van der Waals surface area contributed by atoms with Crippen LogP contribution in [-0.2, 0) is 9.47 Å². The monoisotopic (exact) mass is 328 g/mol. The SMILES string of the molecule is CC[C@@H](NC(=O)N1CCO[C@@H](COC)C1)c1ccc(F)cc1F. The molecule has 0 radical (unpaired) electrons. The van der Waals surface area contributed by atoms with Gasteiger partial charge in [0.25, 0.3) is 0 Å². The van der Waals surface area contributed by atoms with E-state index in [2.05, 4.69) is 5.32 Å². The molecule has 128 valence electrons. The van der Waals surface area contributed by atoms with Gasteiger partial charge in [-0.25, -0.2) is 13.6 Å². The third kappa shape index (κ3) is 4.62. The maximum atomic E-state index is 13.9. The van der Waals surface area contributed by atoms with Crippen LogP contribution in [0.4, 0.5) is 13.6 Å². The quantitative estimate of drug-likeness (QED) is 0.903. The number of benzene rings is 1. The summed E-state index contributed by atoms with van der Waals surface area (Å²) >= 11 is 0. The van der Waals surface area contributed by atoms with Gasteiger partial charge in [0.1, 0.15) is 11.6 Å². The molecule has 5 nitrogen and oxygen atoms in total. The first-order valence-corrected chi connectivity index (χ1v) is 7.66. The Labute approximate surface area is 134 Å². The van der Waals surface area contributed by atoms with Crippen LogP contribution in [0.15, 0.2) is 18.2 Å². The van der Waals surface area contributed by atoms with Gasteiger partial charge in [-0.1, -0.05) is 13.0 Å². The van der Waals surface area contributed by atoms with Gasteiger partial charge in [0, 0.05) is 25.3 Å². The lowest BCUT2D eigenvalue weighted by Gasteiger charge is -2.33. The Bertz CT molecular complexity index is 540. The second kappa shape index (κ2) is 8.21. The molecule has 23 heavy (non-hydrogen) atoms. The van der Waals surface area contributed by atoms with Crippen LogP contribution in [0.2, 0.25) is 0 Å². The summed E-state index contributed by atoms with van der Waals surface area (Å²) < 4.78 is 37.5. The minimum absolute atomic E-state index is 0.165. The summed E-state index contributed by atoms with van der Waals surface area (Å²) in [7, 11) is 1.58. The fourth-order valence-electron chi connectivity index (χ4n) is 2.61. The Morgan fingerprint density at radius 3 is 2.96 bits per heavy atom. The molecule has 1 aromatic carbocycles. The highest BCUT2D eigenvalue weighted by Crippen LogP contribution is 2.21. The third-order valence-electron chi connectivity index (χ3n) is 3.82. The first-order chi connectivity index (χ1) is 11.0. The van der Waals surface area contributed by atoms with Crippen molar-refractivity contribution in [3.63, 3.8) is 0 Å². The predicted molar refractivity (Wildman–Crippen MR) is 81.1 cm³/mol. The van der Waals surface area contributed by atoms with Crippen molar-refractivity contribution >= 4 is 6.03 Å². The van der Waals surface area contributed by atoms with Crippen molar-refractivity contribution in [2.24, 2.45) is 0 Å². The van der Waals surface area contributed by atoms with Crippen molar-refractivity contribution in [3.05, 3.63) is 35.4 Å². The molecule has 2 amide bonds. The van der Waals surface area contributed by atoms with Gasteiger partial charge < -0.3 is 19.7 Å². The maximum Gasteiger partial charge on any atom is 0.318 e. The molecule has 1 aromatic rings. The molecule has 1 heterocycles. The van der Waals surface area contributed by atoms with E-state index < -0.39 is 17.7 Å². The van der Waals surface area contributed by atoms with E-state index in [0.29, 0.717) is 32.7 Å². The largest absolute Gasteiger partial charge is 0.382 e. The average molecular weight is 328 g/mol. The minimum atomic E-state index is -0.656. The summed E-state index contributed by atoms with van der Waals surface area (Å²) in [4.78, 5) is 14.0. The van der Waals surface area contributed by atoms with Gasteiger partial charge >= 0.3 is 6.03 Å². The molecule has 1 aliphatic rings. The number of carbonyl (C=O) groups is 1. The van der Waals surface area contributed by atoms with E-state index in [-0.39, 0.29) is 17.7 Å². The van der Waals surface area contributed by atoms with Crippen LogP contribution >= 0.6 is 0 Å². The Morgan fingerprint density at radius 1 is 1.52 bits per heavy atom. The van der Waals surface area contributed by atoms with E-state index >= 15 is 0 Å². The van der Waals surface area contributed by atoms with Crippen molar-refractivity contribution in [2.45, 2.75) is 25.5 Å². The van der Waals surface area contributed by atoms with Crippen molar-refractivity contribution in [3.8, 4) is 0 Å². The Balaban J connectivity index is 2.01. The molecule has 1 aliphatic heterocycles. The number of hydrogen-bond acceptors (Lipinski definition) is 3. The van der Waals surface area contributed by atoms with Crippen molar-refractivity contribution < 1.29 is 23.0 Å². The number of amides is 2. The van der Waals surface area contributed by atoms with Crippen molar-refractivity contribution in [1.82, 2.24) is 10.2 Å². The number of methoxy groups -OCH3 is 1. The van der Waals surface area contributed by atoms with E-state index in [1.54, 1.807) is 12.0 Å². The van der Waals surface area contributed by atoms with E-state index in [9.17, 15) is 13.6 Å². The van der Waals surface area contributed by atoms with Crippen LogP contribution in [-0.4, -0.2) is 50.4 Å². The van der Waals surface area contributed by atoms with Gasteiger partial charge in [0.15, 0.2) is 0 Å². The lowest BCUT2D eigenvalue weighted by atomic mass is 10.0. The molecule has 2 atom stereocenters. The first kappa shape index (κ1) is 17.6. The highest BCUT2D eigenvalue weighted by Gasteiger charge is 2.26. The Hall–Kier alpha value is -1.73. The standard InChI is InChI=1S/C16H22F2N2O3/c1-3-15(13-5-4-11(17)8-14(13)18)19-16(21)20-6-7-23-12(9-20)10-22-2/h4-5,8,12,15H,3,6-7,9-10H2,1-2H3,(H,19,21)/t12-,15-/m1/s1. The maximum absolute atomic E-state index is 13.9. The van der Waals surface area contributed by atoms with Crippen LogP contribution in [0.5, 0.6) is 0 Å². The zero-order valence-corrected chi connectivity index (χ0v) is 13.4. The van der Waals surface area contributed by atoms with Crippen LogP contribution in [0.25, 0.3) is 0 Å². The molecule has 0 aliphatic carbocycles. The second-order valence-corrected chi connectivity index (χ2v) is 5.47. The summed E-state index contributed by atoms with van der Waals surface area (Å²) in [5, 5.41) is 2.80. The molecule has 1 fully saturated rings. The number of nitrogens with one attached hydrogen (secondary N) is 1. The lowest BCUT2D eigenvalue weighted by molar-refractivity contribution is -0.0496. The fourth-order valence-corrected chi connectivity index (χ4v) is 2.61. The summed E-state index contributed by atoms with van der Waals surface area (Å²) in [6.07, 6.45) is 0.335. The third-order valence-corrected chi connectivity index (χ3v) is 3.82. The molecule has 0 unspecified atom stereocenters. The molecular formula is C16H22F2N2O3. The molecule has 2 rings (SSSR count). The smallest absolute Gasteiger partial charge is 0.318 e. The number of carbonyl (C=O) groups excluding carboxylic acids is 1. The number of ether oxygens (including phenoxy) is 2. The van der Waals surface area contributed by atoms with Gasteiger partial charge in [-0.05, 0) is 12.5 Å². The molecular weight excluding hydrogens is 306 g/mol. The van der Waals surface area contributed by atoms with Crippen LogP contribution < -0.4 is 5.32 Å². The van der Waals surface area contributed by atoms with E-state index in [4.69, 9.17) is 9.47 Å². The van der Waals surface area contributed by atoms with Gasteiger partial charge in [-0.3, -0.25) is 0 Å². The summed E-state index contributed by atoms with van der Waals surface area (Å²) in [6, 6.07) is 2.59. The fraction of sp³-hybridized carbons (Fsp3) is 0.562. The van der Waals surface area contributed by atoms with Gasteiger partial charge in [0.05, 0.1) is 31.9 Å². The number of hydrogen-bond donors (Lipinski definition) is 1. The normalized spacial score (nSPS) is 19.5. The average Bonchev–Trinajstić information content (AvgIpc) is 2.53. The lowest BCUT2D eigenvalue weighted by Crippen LogP contribution is -2.51. The summed E-state index contributed by atoms with van der Waals surface area (Å²) in [5.41, 5.74) is 0.281. The molecule has 1 saturated heterocycles. The molecule has 1 N–H and O–H groups in total. The predicted octanol–water partition coefficient (Wildman–Crippen LogP) is 2.47. The molecule has 7 heteroatoms. The number of rotatable bonds is 5. The van der Waals surface area contributed by atoms with Gasteiger partial charge in [0.2, 0.25) is 0 Å². The number of morpholine rings is 1. The van der Waals surface area contributed by atoms with Crippen LogP contribution in [0, 0.1) is 11.6 Å². The Kier molecular flexibility index (Phi) is 6.29. The summed E-state index contributed by atoms with van der Waals surface area (Å²) in [5.74, 6) is -1.29. The van der Waals surface area contributed by atoms with Gasteiger partial charge in [-0.15, -0.1) is 0 Å². The highest BCUT2D eigenvalue weighted by molar-refractivity contribution is 5.75. The Morgan fingerprint density at radius 2 is 2.30 bits per heavy atom. The zero-order chi connectivity index (χ0) is 16.8. The van der Waals surface area contributed by atoms with Crippen molar-refractivity contribution in [2.75, 3.05) is 33.4 Å². The van der Waals surface area contributed by atoms with Crippen molar-refractivity contribution in [1.29, 1.82) is 0 Å². The number of urea groups is 1. The minimum Gasteiger partial charge on any atom is -0.382 e. The highest BCUT2D eigenvalue weighted by atomic mass is 19.1. The number of halogens is 2. The first-order valence-electron chi connectivity index (χ1n) is 7.66. The van der Waals surface area contributed by atoms with Crippen LogP contribution in [0.3, 0.4) is 0 Å².